The molecule has 4 atom stereocenters. The van der Waals surface area contributed by atoms with Crippen molar-refractivity contribution in [1.82, 2.24) is 0 Å². The van der Waals surface area contributed by atoms with E-state index >= 15 is 0 Å². The zero-order valence-electron chi connectivity index (χ0n) is 9.48. The van der Waals surface area contributed by atoms with E-state index in [1.54, 1.807) is 0 Å². The Labute approximate surface area is 91.2 Å². The molecule has 2 bridgehead atoms. The third-order valence-electron chi connectivity index (χ3n) is 3.94. The van der Waals surface area contributed by atoms with Crippen molar-refractivity contribution in [3.8, 4) is 0 Å². The van der Waals surface area contributed by atoms with Gasteiger partial charge in [0, 0.05) is 5.92 Å². The number of hydrogen-bond acceptors (Lipinski definition) is 2. The van der Waals surface area contributed by atoms with Gasteiger partial charge in [-0.2, -0.15) is 0 Å². The second-order valence-electron chi connectivity index (χ2n) is 5.18. The van der Waals surface area contributed by atoms with Crippen LogP contribution in [0.15, 0.2) is 22.1 Å². The molecule has 2 aliphatic carbocycles. The Morgan fingerprint density at radius 3 is 2.73 bits per heavy atom. The summed E-state index contributed by atoms with van der Waals surface area (Å²) in [5.74, 6) is 2.26. The van der Waals surface area contributed by atoms with E-state index < -0.39 is 0 Å². The normalized spacial score (nSPS) is 43.1. The summed E-state index contributed by atoms with van der Waals surface area (Å²) in [4.78, 5) is 9.40. The van der Waals surface area contributed by atoms with Crippen molar-refractivity contribution in [2.24, 2.45) is 27.7 Å². The minimum atomic E-state index is 0.392. The Hall–Kier alpha value is -0.920. The highest BCUT2D eigenvalue weighted by molar-refractivity contribution is 6.42. The summed E-state index contributed by atoms with van der Waals surface area (Å²) in [7, 11) is 0. The highest BCUT2D eigenvalue weighted by atomic mass is 14.9. The molecule has 0 saturated heterocycles. The predicted octanol–water partition coefficient (Wildman–Crippen LogP) is 2.50. The van der Waals surface area contributed by atoms with E-state index in [0.29, 0.717) is 12.0 Å². The zero-order valence-corrected chi connectivity index (χ0v) is 9.48. The number of allylic oxidation sites excluding steroid dienone is 2. The van der Waals surface area contributed by atoms with Crippen LogP contribution in [0.4, 0.5) is 0 Å². The molecule has 2 nitrogen and oxygen atoms in total. The fourth-order valence-electron chi connectivity index (χ4n) is 3.26. The van der Waals surface area contributed by atoms with Crippen LogP contribution in [0, 0.1) is 17.8 Å². The average Bonchev–Trinajstić information content (AvgIpc) is 2.78. The van der Waals surface area contributed by atoms with Gasteiger partial charge in [-0.05, 0) is 38.5 Å². The van der Waals surface area contributed by atoms with Crippen LogP contribution in [-0.4, -0.2) is 24.0 Å². The number of rotatable bonds is 1. The summed E-state index contributed by atoms with van der Waals surface area (Å²) in [6.07, 6.45) is 7.44. The van der Waals surface area contributed by atoms with E-state index in [-0.39, 0.29) is 0 Å². The second kappa shape index (κ2) is 3.29. The smallest absolute Gasteiger partial charge is 0.0670 e. The first-order valence-corrected chi connectivity index (χ1v) is 6.01. The van der Waals surface area contributed by atoms with Crippen LogP contribution in [0.3, 0.4) is 0 Å². The first-order valence-electron chi connectivity index (χ1n) is 6.01. The van der Waals surface area contributed by atoms with E-state index in [2.05, 4.69) is 31.0 Å². The third kappa shape index (κ3) is 1.47. The molecule has 1 fully saturated rings. The highest BCUT2D eigenvalue weighted by Gasteiger charge is 2.39. The molecule has 1 aliphatic heterocycles. The van der Waals surface area contributed by atoms with E-state index in [1.807, 2.05) is 0 Å². The van der Waals surface area contributed by atoms with E-state index in [1.165, 1.54) is 24.3 Å². The Balaban J connectivity index is 1.84. The number of fused-ring (bicyclic) bond motifs is 2. The molecule has 0 aromatic rings. The summed E-state index contributed by atoms with van der Waals surface area (Å²) in [5, 5.41) is 0. The zero-order chi connectivity index (χ0) is 10.4. The van der Waals surface area contributed by atoms with Gasteiger partial charge in [-0.25, -0.2) is 0 Å². The first kappa shape index (κ1) is 9.32. The van der Waals surface area contributed by atoms with Gasteiger partial charge < -0.3 is 0 Å². The van der Waals surface area contributed by atoms with Crippen LogP contribution in [0.1, 0.15) is 26.7 Å². The Bertz CT molecular complexity index is 365. The van der Waals surface area contributed by atoms with Crippen molar-refractivity contribution in [2.45, 2.75) is 32.7 Å². The predicted molar refractivity (Wildman–Crippen MR) is 63.7 cm³/mol. The van der Waals surface area contributed by atoms with Gasteiger partial charge in [0.05, 0.1) is 24.0 Å². The van der Waals surface area contributed by atoms with Gasteiger partial charge in [-0.15, -0.1) is 0 Å². The summed E-state index contributed by atoms with van der Waals surface area (Å²) < 4.78 is 0. The molecular weight excluding hydrogens is 184 g/mol. The lowest BCUT2D eigenvalue weighted by Crippen LogP contribution is -2.30. The Kier molecular flexibility index (Phi) is 2.04. The maximum absolute atomic E-state index is 4.74. The van der Waals surface area contributed by atoms with E-state index in [0.717, 1.165) is 18.4 Å². The summed E-state index contributed by atoms with van der Waals surface area (Å²) in [6.45, 7) is 5.17. The molecule has 80 valence electrons. The number of aliphatic imine (C=N–C) groups is 2. The SMILES string of the molecule is CC1=NC(C)CN=C1C1CC2C=CC1C2. The lowest BCUT2D eigenvalue weighted by Gasteiger charge is -2.24. The Morgan fingerprint density at radius 2 is 2.13 bits per heavy atom. The minimum absolute atomic E-state index is 0.392. The van der Waals surface area contributed by atoms with Gasteiger partial charge in [0.15, 0.2) is 0 Å². The van der Waals surface area contributed by atoms with Crippen molar-refractivity contribution in [3.05, 3.63) is 12.2 Å². The minimum Gasteiger partial charge on any atom is -0.285 e. The Morgan fingerprint density at radius 1 is 1.27 bits per heavy atom. The molecular formula is C13H18N2. The molecule has 2 heteroatoms. The third-order valence-corrected chi connectivity index (χ3v) is 3.94. The molecule has 0 N–H and O–H groups in total. The molecule has 3 rings (SSSR count). The van der Waals surface area contributed by atoms with E-state index in [9.17, 15) is 0 Å². The molecule has 0 radical (unpaired) electrons. The summed E-state index contributed by atoms with van der Waals surface area (Å²) in [5.41, 5.74) is 2.50. The average molecular weight is 202 g/mol. The van der Waals surface area contributed by atoms with Gasteiger partial charge in [0.1, 0.15) is 0 Å². The van der Waals surface area contributed by atoms with Gasteiger partial charge in [0.25, 0.3) is 0 Å². The molecule has 0 spiro atoms. The lowest BCUT2D eigenvalue weighted by atomic mass is 9.86. The first-order chi connectivity index (χ1) is 7.24. The fourth-order valence-corrected chi connectivity index (χ4v) is 3.26. The highest BCUT2D eigenvalue weighted by Crippen LogP contribution is 2.44. The molecule has 1 heterocycles. The molecule has 0 aromatic heterocycles. The summed E-state index contributed by atoms with van der Waals surface area (Å²) >= 11 is 0. The number of hydrogen-bond donors (Lipinski definition) is 0. The van der Waals surface area contributed by atoms with Crippen molar-refractivity contribution in [1.29, 1.82) is 0 Å². The van der Waals surface area contributed by atoms with Crippen molar-refractivity contribution >= 4 is 11.4 Å². The van der Waals surface area contributed by atoms with E-state index in [4.69, 9.17) is 4.99 Å². The molecule has 0 aromatic carbocycles. The van der Waals surface area contributed by atoms with Crippen molar-refractivity contribution in [2.75, 3.05) is 6.54 Å². The van der Waals surface area contributed by atoms with Crippen molar-refractivity contribution < 1.29 is 0 Å². The quantitative estimate of drug-likeness (QED) is 0.584. The van der Waals surface area contributed by atoms with Crippen LogP contribution in [0.25, 0.3) is 0 Å². The van der Waals surface area contributed by atoms with Crippen molar-refractivity contribution in [3.63, 3.8) is 0 Å². The maximum atomic E-state index is 4.74. The summed E-state index contributed by atoms with van der Waals surface area (Å²) in [6, 6.07) is 0.392. The van der Waals surface area contributed by atoms with Crippen LogP contribution in [0.5, 0.6) is 0 Å². The molecule has 15 heavy (non-hydrogen) atoms. The van der Waals surface area contributed by atoms with Gasteiger partial charge in [0.2, 0.25) is 0 Å². The van der Waals surface area contributed by atoms with Gasteiger partial charge >= 0.3 is 0 Å². The molecule has 4 unspecified atom stereocenters. The van der Waals surface area contributed by atoms with Crippen LogP contribution >= 0.6 is 0 Å². The molecule has 1 saturated carbocycles. The van der Waals surface area contributed by atoms with Crippen LogP contribution in [-0.2, 0) is 0 Å². The fraction of sp³-hybridized carbons (Fsp3) is 0.692. The standard InChI is InChI=1S/C13H18N2/c1-8-7-14-13(9(2)15-8)12-6-10-3-4-11(12)5-10/h3-4,8,10-12H,5-7H2,1-2H3. The lowest BCUT2D eigenvalue weighted by molar-refractivity contribution is 0.580. The topological polar surface area (TPSA) is 24.7 Å². The maximum Gasteiger partial charge on any atom is 0.0670 e. The van der Waals surface area contributed by atoms with Gasteiger partial charge in [-0.1, -0.05) is 12.2 Å². The molecule has 3 aliphatic rings. The second-order valence-corrected chi connectivity index (χ2v) is 5.18. The van der Waals surface area contributed by atoms with Crippen LogP contribution in [0.2, 0.25) is 0 Å². The monoisotopic (exact) mass is 202 g/mol. The molecule has 0 amide bonds. The number of nitrogens with zero attached hydrogens (tertiary/aromatic N) is 2. The largest absolute Gasteiger partial charge is 0.285 e. The van der Waals surface area contributed by atoms with Crippen LogP contribution < -0.4 is 0 Å². The van der Waals surface area contributed by atoms with Gasteiger partial charge in [-0.3, -0.25) is 9.98 Å².